The highest BCUT2D eigenvalue weighted by molar-refractivity contribution is 6.30. The van der Waals surface area contributed by atoms with E-state index in [2.05, 4.69) is 0 Å². The van der Waals surface area contributed by atoms with Gasteiger partial charge >= 0.3 is 12.1 Å². The van der Waals surface area contributed by atoms with Gasteiger partial charge in [0.15, 0.2) is 5.78 Å². The number of alkyl halides is 3. The van der Waals surface area contributed by atoms with E-state index >= 15 is 0 Å². The Morgan fingerprint density at radius 2 is 1.58 bits per heavy atom. The molecule has 0 bridgehead atoms. The van der Waals surface area contributed by atoms with Crippen LogP contribution in [0.4, 0.5) is 13.2 Å². The fraction of sp³-hybridized carbons (Fsp3) is 0.444. The number of carbonyl (C=O) groups is 3. The van der Waals surface area contributed by atoms with Crippen molar-refractivity contribution in [2.75, 3.05) is 19.6 Å². The normalized spacial score (nSPS) is 16.9. The zero-order chi connectivity index (χ0) is 25.9. The highest BCUT2D eigenvalue weighted by Gasteiger charge is 2.42. The molecule has 1 fully saturated rings. The van der Waals surface area contributed by atoms with Crippen molar-refractivity contribution in [2.45, 2.75) is 57.2 Å². The van der Waals surface area contributed by atoms with Crippen LogP contribution < -0.4 is 0 Å². The molecule has 0 spiro atoms. The topological polar surface area (TPSA) is 57.7 Å². The number of carbonyl (C=O) groups excluding carboxylic acids is 3. The lowest BCUT2D eigenvalue weighted by Gasteiger charge is -2.32. The number of Topliss-reactive ketones (excluding diaryl/α,β-unsaturated/α-hetero) is 1. The minimum Gasteiger partial charge on any atom is -0.343 e. The summed E-state index contributed by atoms with van der Waals surface area (Å²) in [7, 11) is 0. The Morgan fingerprint density at radius 3 is 2.25 bits per heavy atom. The maximum absolute atomic E-state index is 12.9. The van der Waals surface area contributed by atoms with Crippen LogP contribution in [0.5, 0.6) is 0 Å². The minimum absolute atomic E-state index is 0.0134. The molecule has 36 heavy (non-hydrogen) atoms. The largest absolute Gasteiger partial charge is 0.471 e. The number of likely N-dealkylation sites (tertiary alicyclic amines) is 1. The molecule has 0 aliphatic carbocycles. The van der Waals surface area contributed by atoms with E-state index in [9.17, 15) is 27.6 Å². The Bertz CT molecular complexity index is 1130. The Hall–Kier alpha value is -2.87. The molecule has 2 aromatic rings. The molecule has 2 aliphatic heterocycles. The number of fused-ring (bicyclic) bond motifs is 1. The van der Waals surface area contributed by atoms with Crippen molar-refractivity contribution in [2.24, 2.45) is 0 Å². The van der Waals surface area contributed by atoms with Crippen LogP contribution in [0.15, 0.2) is 42.5 Å². The highest BCUT2D eigenvalue weighted by Crippen LogP contribution is 2.29. The van der Waals surface area contributed by atoms with Gasteiger partial charge in [-0.3, -0.25) is 14.4 Å². The second-order valence-corrected chi connectivity index (χ2v) is 9.88. The predicted octanol–water partition coefficient (Wildman–Crippen LogP) is 5.55. The number of hydrogen-bond acceptors (Lipinski definition) is 3. The quantitative estimate of drug-likeness (QED) is 0.486. The molecule has 2 aliphatic rings. The number of hydrogen-bond donors (Lipinski definition) is 0. The molecular formula is C27H28ClF3N2O3. The summed E-state index contributed by atoms with van der Waals surface area (Å²) in [5, 5.41) is 0.692. The second kappa shape index (κ2) is 11.0. The van der Waals surface area contributed by atoms with Crippen molar-refractivity contribution in [3.8, 4) is 0 Å². The van der Waals surface area contributed by atoms with Crippen LogP contribution in [-0.2, 0) is 22.6 Å². The van der Waals surface area contributed by atoms with Gasteiger partial charge in [0.1, 0.15) is 0 Å². The van der Waals surface area contributed by atoms with Crippen molar-refractivity contribution in [1.29, 1.82) is 0 Å². The number of aryl methyl sites for hydroxylation is 1. The van der Waals surface area contributed by atoms with Gasteiger partial charge in [-0.2, -0.15) is 13.2 Å². The zero-order valence-electron chi connectivity index (χ0n) is 19.8. The first kappa shape index (κ1) is 26.2. The van der Waals surface area contributed by atoms with Crippen LogP contribution in [0.3, 0.4) is 0 Å². The first-order valence-corrected chi connectivity index (χ1v) is 12.5. The Labute approximate surface area is 213 Å². The summed E-state index contributed by atoms with van der Waals surface area (Å²) in [5.41, 5.74) is 2.94. The molecule has 2 amide bonds. The fourth-order valence-electron chi connectivity index (χ4n) is 5.01. The monoisotopic (exact) mass is 520 g/mol. The average Bonchev–Trinajstić information content (AvgIpc) is 3.08. The Kier molecular flexibility index (Phi) is 8.03. The molecule has 192 valence electrons. The minimum atomic E-state index is -4.93. The third kappa shape index (κ3) is 6.27. The van der Waals surface area contributed by atoms with Gasteiger partial charge in [-0.05, 0) is 66.5 Å². The van der Waals surface area contributed by atoms with Crippen molar-refractivity contribution >= 4 is 29.2 Å². The van der Waals surface area contributed by atoms with E-state index in [4.69, 9.17) is 11.6 Å². The van der Waals surface area contributed by atoms with Crippen LogP contribution in [0.25, 0.3) is 0 Å². The van der Waals surface area contributed by atoms with Crippen LogP contribution in [0, 0.1) is 0 Å². The summed E-state index contributed by atoms with van der Waals surface area (Å²) < 4.78 is 38.7. The molecule has 5 nitrogen and oxygen atoms in total. The van der Waals surface area contributed by atoms with E-state index < -0.39 is 12.1 Å². The number of benzene rings is 2. The first-order valence-electron chi connectivity index (χ1n) is 12.2. The van der Waals surface area contributed by atoms with Gasteiger partial charge < -0.3 is 9.80 Å². The second-order valence-electron chi connectivity index (χ2n) is 9.44. The maximum Gasteiger partial charge on any atom is 0.471 e. The van der Waals surface area contributed by atoms with Crippen LogP contribution in [-0.4, -0.2) is 53.2 Å². The molecule has 1 saturated heterocycles. The summed E-state index contributed by atoms with van der Waals surface area (Å²) in [6, 6.07) is 12.7. The lowest BCUT2D eigenvalue weighted by Crippen LogP contribution is -2.40. The summed E-state index contributed by atoms with van der Waals surface area (Å²) in [6.07, 6.45) is -2.17. The van der Waals surface area contributed by atoms with Crippen molar-refractivity contribution in [3.05, 3.63) is 69.7 Å². The smallest absolute Gasteiger partial charge is 0.343 e. The van der Waals surface area contributed by atoms with Gasteiger partial charge in [0.05, 0.1) is 0 Å². The van der Waals surface area contributed by atoms with Crippen molar-refractivity contribution < 1.29 is 27.6 Å². The molecule has 9 heteroatoms. The summed E-state index contributed by atoms with van der Waals surface area (Å²) in [5.74, 6) is -1.80. The molecule has 0 N–H and O–H groups in total. The number of ketones is 1. The molecule has 0 unspecified atom stereocenters. The van der Waals surface area contributed by atoms with Gasteiger partial charge in [0, 0.05) is 49.6 Å². The third-order valence-corrected chi connectivity index (χ3v) is 7.30. The summed E-state index contributed by atoms with van der Waals surface area (Å²) in [6.45, 7) is 1.08. The summed E-state index contributed by atoms with van der Waals surface area (Å²) in [4.78, 5) is 39.8. The number of halogens is 4. The molecule has 0 radical (unpaired) electrons. The van der Waals surface area contributed by atoms with Gasteiger partial charge in [-0.15, -0.1) is 0 Å². The van der Waals surface area contributed by atoms with E-state index in [0.717, 1.165) is 23.3 Å². The van der Waals surface area contributed by atoms with Gasteiger partial charge in [-0.25, -0.2) is 0 Å². The summed E-state index contributed by atoms with van der Waals surface area (Å²) >= 11 is 5.96. The fourth-order valence-corrected chi connectivity index (χ4v) is 5.13. The Balaban J connectivity index is 1.31. The zero-order valence-corrected chi connectivity index (χ0v) is 20.6. The van der Waals surface area contributed by atoms with E-state index in [-0.39, 0.29) is 37.6 Å². The number of rotatable bonds is 5. The van der Waals surface area contributed by atoms with E-state index in [0.29, 0.717) is 48.0 Å². The first-order chi connectivity index (χ1) is 17.1. The van der Waals surface area contributed by atoms with Gasteiger partial charge in [0.25, 0.3) is 0 Å². The number of piperidine rings is 1. The van der Waals surface area contributed by atoms with Gasteiger partial charge in [0.2, 0.25) is 5.91 Å². The van der Waals surface area contributed by atoms with E-state index in [1.165, 1.54) is 5.56 Å². The third-order valence-electron chi connectivity index (χ3n) is 7.05. The standard InChI is InChI=1S/C27H28ClF3N2O3/c28-23-7-5-19(6-8-23)20-11-14-32(15-12-20)25(35)10-9-24(34)21-4-3-18-2-1-13-33(17-22(18)16-21)26(36)27(29,30)31/h3-8,16,20H,1-2,9-15,17H2. The molecule has 4 rings (SSSR count). The lowest BCUT2D eigenvalue weighted by molar-refractivity contribution is -0.186. The SMILES string of the molecule is O=C(CCC(=O)N1CCC(c2ccc(Cl)cc2)CC1)c1ccc2c(c1)CN(C(=O)C(F)(F)F)CCC2. The van der Waals surface area contributed by atoms with E-state index in [1.807, 2.05) is 24.3 Å². The molecule has 0 atom stereocenters. The molecule has 2 heterocycles. The Morgan fingerprint density at radius 1 is 0.889 bits per heavy atom. The lowest BCUT2D eigenvalue weighted by atomic mass is 9.89. The number of amides is 2. The predicted molar refractivity (Wildman–Crippen MR) is 130 cm³/mol. The highest BCUT2D eigenvalue weighted by atomic mass is 35.5. The molecule has 0 aromatic heterocycles. The van der Waals surface area contributed by atoms with Crippen molar-refractivity contribution in [3.63, 3.8) is 0 Å². The van der Waals surface area contributed by atoms with Crippen LogP contribution in [0.2, 0.25) is 5.02 Å². The molecule has 0 saturated carbocycles. The van der Waals surface area contributed by atoms with Crippen molar-refractivity contribution in [1.82, 2.24) is 9.80 Å². The van der Waals surface area contributed by atoms with Gasteiger partial charge in [-0.1, -0.05) is 35.9 Å². The molecular weight excluding hydrogens is 493 g/mol. The average molecular weight is 521 g/mol. The molecule has 2 aromatic carbocycles. The number of nitrogens with zero attached hydrogens (tertiary/aromatic N) is 2. The van der Waals surface area contributed by atoms with E-state index in [1.54, 1.807) is 23.1 Å². The van der Waals surface area contributed by atoms with Crippen LogP contribution >= 0.6 is 11.6 Å². The maximum atomic E-state index is 12.9. The van der Waals surface area contributed by atoms with Crippen LogP contribution in [0.1, 0.15) is 65.1 Å².